The van der Waals surface area contributed by atoms with Crippen LogP contribution in [0.2, 0.25) is 10.0 Å². The number of aromatic nitrogens is 1. The molecule has 0 aromatic carbocycles. The molecule has 0 unspecified atom stereocenters. The third kappa shape index (κ3) is 4.17. The van der Waals surface area contributed by atoms with E-state index in [1.807, 2.05) is 0 Å². The SMILES string of the molecule is C[C@H](OC(=O)c1ccsc1)C(=O)Nc1ncc(Cl)cc1Cl. The number of hydrogen-bond donors (Lipinski definition) is 1. The first-order valence-electron chi connectivity index (χ1n) is 5.82. The van der Waals surface area contributed by atoms with Crippen molar-refractivity contribution in [2.45, 2.75) is 13.0 Å². The van der Waals surface area contributed by atoms with Gasteiger partial charge >= 0.3 is 5.97 Å². The molecule has 0 saturated heterocycles. The molecular formula is C13H10Cl2N2O3S. The molecule has 0 fully saturated rings. The van der Waals surface area contributed by atoms with E-state index < -0.39 is 18.0 Å². The lowest BCUT2D eigenvalue weighted by Crippen LogP contribution is -2.30. The molecular weight excluding hydrogens is 335 g/mol. The Morgan fingerprint density at radius 2 is 2.19 bits per heavy atom. The standard InChI is InChI=1S/C13H10Cl2N2O3S/c1-7(20-13(19)8-2-3-21-6-8)12(18)17-11-10(15)4-9(14)5-16-11/h2-7H,1H3,(H,16,17,18)/t7-/m0/s1. The molecule has 2 heterocycles. The molecule has 0 aliphatic heterocycles. The first-order valence-corrected chi connectivity index (χ1v) is 7.52. The summed E-state index contributed by atoms with van der Waals surface area (Å²) in [5.74, 6) is -0.936. The topological polar surface area (TPSA) is 68.3 Å². The molecule has 2 aromatic heterocycles. The minimum absolute atomic E-state index is 0.157. The number of carbonyl (C=O) groups excluding carboxylic acids is 2. The molecule has 2 rings (SSSR count). The third-order valence-electron chi connectivity index (χ3n) is 2.46. The van der Waals surface area contributed by atoms with Crippen LogP contribution in [0.25, 0.3) is 0 Å². The predicted molar refractivity (Wildman–Crippen MR) is 82.1 cm³/mol. The smallest absolute Gasteiger partial charge is 0.339 e. The summed E-state index contributed by atoms with van der Waals surface area (Å²) in [6, 6.07) is 3.07. The number of nitrogens with zero attached hydrogens (tertiary/aromatic N) is 1. The van der Waals surface area contributed by atoms with Crippen LogP contribution in [0, 0.1) is 0 Å². The summed E-state index contributed by atoms with van der Waals surface area (Å²) >= 11 is 13.0. The van der Waals surface area contributed by atoms with Gasteiger partial charge in [0.1, 0.15) is 0 Å². The fourth-order valence-corrected chi connectivity index (χ4v) is 2.44. The van der Waals surface area contributed by atoms with Gasteiger partial charge in [0.2, 0.25) is 0 Å². The fourth-order valence-electron chi connectivity index (χ4n) is 1.39. The highest BCUT2D eigenvalue weighted by Gasteiger charge is 2.20. The minimum Gasteiger partial charge on any atom is -0.449 e. The number of halogens is 2. The zero-order chi connectivity index (χ0) is 15.4. The number of ether oxygens (including phenoxy) is 1. The van der Waals surface area contributed by atoms with Crippen molar-refractivity contribution >= 4 is 52.2 Å². The van der Waals surface area contributed by atoms with E-state index in [1.165, 1.54) is 30.5 Å². The van der Waals surface area contributed by atoms with Crippen molar-refractivity contribution in [2.24, 2.45) is 0 Å². The van der Waals surface area contributed by atoms with E-state index in [0.717, 1.165) is 0 Å². The zero-order valence-electron chi connectivity index (χ0n) is 10.8. The van der Waals surface area contributed by atoms with E-state index >= 15 is 0 Å². The second-order valence-electron chi connectivity index (χ2n) is 4.03. The molecule has 0 aliphatic rings. The van der Waals surface area contributed by atoms with Crippen LogP contribution in [0.3, 0.4) is 0 Å². The van der Waals surface area contributed by atoms with E-state index in [0.29, 0.717) is 10.6 Å². The van der Waals surface area contributed by atoms with Crippen LogP contribution in [0.4, 0.5) is 5.82 Å². The summed E-state index contributed by atoms with van der Waals surface area (Å²) in [5.41, 5.74) is 0.405. The van der Waals surface area contributed by atoms with E-state index in [-0.39, 0.29) is 10.8 Å². The van der Waals surface area contributed by atoms with Gasteiger partial charge in [0.05, 0.1) is 15.6 Å². The van der Waals surface area contributed by atoms with Gasteiger partial charge in [-0.05, 0) is 24.4 Å². The van der Waals surface area contributed by atoms with E-state index in [9.17, 15) is 9.59 Å². The molecule has 8 heteroatoms. The molecule has 5 nitrogen and oxygen atoms in total. The number of carbonyl (C=O) groups is 2. The van der Waals surface area contributed by atoms with Gasteiger partial charge < -0.3 is 10.1 Å². The first kappa shape index (κ1) is 15.8. The number of thiophene rings is 1. The molecule has 0 spiro atoms. The highest BCUT2D eigenvalue weighted by molar-refractivity contribution is 7.08. The Labute approximate surface area is 134 Å². The molecule has 1 N–H and O–H groups in total. The number of rotatable bonds is 4. The lowest BCUT2D eigenvalue weighted by Gasteiger charge is -2.13. The van der Waals surface area contributed by atoms with Crippen molar-refractivity contribution in [2.75, 3.05) is 5.32 Å². The number of hydrogen-bond acceptors (Lipinski definition) is 5. The van der Waals surface area contributed by atoms with E-state index in [2.05, 4.69) is 10.3 Å². The van der Waals surface area contributed by atoms with Crippen LogP contribution in [-0.4, -0.2) is 23.0 Å². The summed E-state index contributed by atoms with van der Waals surface area (Å²) in [5, 5.41) is 6.42. The third-order valence-corrected chi connectivity index (χ3v) is 3.64. The molecule has 1 atom stereocenters. The molecule has 21 heavy (non-hydrogen) atoms. The second-order valence-corrected chi connectivity index (χ2v) is 5.66. The summed E-state index contributed by atoms with van der Waals surface area (Å²) in [6.45, 7) is 1.46. The van der Waals surface area contributed by atoms with Crippen molar-refractivity contribution in [1.82, 2.24) is 4.98 Å². The largest absolute Gasteiger partial charge is 0.449 e. The van der Waals surface area contributed by atoms with Crippen LogP contribution in [0.1, 0.15) is 17.3 Å². The van der Waals surface area contributed by atoms with Gasteiger partial charge in [-0.1, -0.05) is 23.2 Å². The molecule has 2 aromatic rings. The average molecular weight is 345 g/mol. The van der Waals surface area contributed by atoms with Crippen molar-refractivity contribution in [3.8, 4) is 0 Å². The van der Waals surface area contributed by atoms with E-state index in [1.54, 1.807) is 16.8 Å². The van der Waals surface area contributed by atoms with Crippen molar-refractivity contribution in [1.29, 1.82) is 0 Å². The van der Waals surface area contributed by atoms with Gasteiger partial charge in [0.15, 0.2) is 11.9 Å². The summed E-state index contributed by atoms with van der Waals surface area (Å²) < 4.78 is 5.05. The van der Waals surface area contributed by atoms with Crippen molar-refractivity contribution in [3.63, 3.8) is 0 Å². The lowest BCUT2D eigenvalue weighted by atomic mass is 10.3. The van der Waals surface area contributed by atoms with Gasteiger partial charge in [-0.3, -0.25) is 4.79 Å². The summed E-state index contributed by atoms with van der Waals surface area (Å²) in [6.07, 6.45) is 0.372. The van der Waals surface area contributed by atoms with Crippen LogP contribution < -0.4 is 5.32 Å². The Bertz CT molecular complexity index is 661. The number of amides is 1. The molecule has 0 saturated carbocycles. The number of anilines is 1. The lowest BCUT2D eigenvalue weighted by molar-refractivity contribution is -0.123. The van der Waals surface area contributed by atoms with Crippen LogP contribution in [0.15, 0.2) is 29.1 Å². The molecule has 110 valence electrons. The van der Waals surface area contributed by atoms with Gasteiger partial charge in [-0.2, -0.15) is 11.3 Å². The second kappa shape index (κ2) is 6.89. The maximum atomic E-state index is 11.9. The Balaban J connectivity index is 1.98. The van der Waals surface area contributed by atoms with Crippen LogP contribution in [0.5, 0.6) is 0 Å². The maximum Gasteiger partial charge on any atom is 0.339 e. The summed E-state index contributed by atoms with van der Waals surface area (Å²) in [4.78, 5) is 27.6. The average Bonchev–Trinajstić information content (AvgIpc) is 2.95. The van der Waals surface area contributed by atoms with Crippen LogP contribution in [-0.2, 0) is 9.53 Å². The van der Waals surface area contributed by atoms with E-state index in [4.69, 9.17) is 27.9 Å². The maximum absolute atomic E-state index is 11.9. The highest BCUT2D eigenvalue weighted by atomic mass is 35.5. The van der Waals surface area contributed by atoms with Gasteiger partial charge in [-0.15, -0.1) is 0 Å². The number of esters is 1. The number of pyridine rings is 1. The Morgan fingerprint density at radius 3 is 2.81 bits per heavy atom. The predicted octanol–water partition coefficient (Wildman–Crippen LogP) is 3.63. The molecule has 0 aliphatic carbocycles. The van der Waals surface area contributed by atoms with Crippen LogP contribution >= 0.6 is 34.5 Å². The zero-order valence-corrected chi connectivity index (χ0v) is 13.1. The summed E-state index contributed by atoms with van der Waals surface area (Å²) in [7, 11) is 0. The Hall–Kier alpha value is -1.63. The monoisotopic (exact) mass is 344 g/mol. The fraction of sp³-hybridized carbons (Fsp3) is 0.154. The van der Waals surface area contributed by atoms with Crippen molar-refractivity contribution in [3.05, 3.63) is 44.7 Å². The molecule has 1 amide bonds. The minimum atomic E-state index is -0.981. The normalized spacial score (nSPS) is 11.8. The molecule has 0 radical (unpaired) electrons. The van der Waals surface area contributed by atoms with Gasteiger partial charge in [-0.25, -0.2) is 9.78 Å². The molecule has 0 bridgehead atoms. The first-order chi connectivity index (χ1) is 9.97. The quantitative estimate of drug-likeness (QED) is 0.859. The van der Waals surface area contributed by atoms with Crippen molar-refractivity contribution < 1.29 is 14.3 Å². The Morgan fingerprint density at radius 1 is 1.43 bits per heavy atom. The highest BCUT2D eigenvalue weighted by Crippen LogP contribution is 2.22. The Kier molecular flexibility index (Phi) is 5.17. The van der Waals surface area contributed by atoms with Gasteiger partial charge in [0.25, 0.3) is 5.91 Å². The van der Waals surface area contributed by atoms with Gasteiger partial charge in [0, 0.05) is 11.6 Å². The number of nitrogens with one attached hydrogen (secondary N) is 1.